The predicted octanol–water partition coefficient (Wildman–Crippen LogP) is 3.30. The van der Waals surface area contributed by atoms with Crippen molar-refractivity contribution in [2.45, 2.75) is 25.0 Å². The van der Waals surface area contributed by atoms with Crippen molar-refractivity contribution in [2.24, 2.45) is 0 Å². The van der Waals surface area contributed by atoms with E-state index in [0.29, 0.717) is 17.5 Å². The molecule has 0 spiro atoms. The van der Waals surface area contributed by atoms with Gasteiger partial charge in [0.25, 0.3) is 0 Å². The molecule has 0 saturated carbocycles. The Kier molecular flexibility index (Phi) is 5.64. The Hall–Kier alpha value is -1.71. The van der Waals surface area contributed by atoms with E-state index in [1.807, 2.05) is 23.8 Å². The van der Waals surface area contributed by atoms with Crippen LogP contribution in [0.25, 0.3) is 9.88 Å². The third-order valence-electron chi connectivity index (χ3n) is 3.28. The summed E-state index contributed by atoms with van der Waals surface area (Å²) in [5, 5.41) is 12.6. The summed E-state index contributed by atoms with van der Waals surface area (Å²) in [6.45, 7) is 2.52. The molecular weight excluding hydrogens is 362 g/mol. The number of thiazole rings is 1. The van der Waals surface area contributed by atoms with Gasteiger partial charge in [0.05, 0.1) is 22.9 Å². The minimum atomic E-state index is 0.0357. The Balaban J connectivity index is 1.52. The molecule has 1 amide bonds. The van der Waals surface area contributed by atoms with Crippen molar-refractivity contribution in [3.63, 3.8) is 0 Å². The molecule has 0 aromatic carbocycles. The number of aromatic amines is 1. The molecule has 0 atom stereocenters. The van der Waals surface area contributed by atoms with Crippen molar-refractivity contribution < 1.29 is 4.79 Å². The topological polar surface area (TPSA) is 74.8 Å². The second-order valence-electron chi connectivity index (χ2n) is 5.08. The number of thiophene rings is 1. The standard InChI is InChI=1S/C15H17N5OS3/c1-3-12-17-15(19-18-12)24-9-13(21)20(2)7-10-8-23-14(16-10)11-5-4-6-22-11/h4-6,8H,3,7,9H2,1-2H3,(H,17,18,19). The SMILES string of the molecule is CCc1nc(SCC(=O)N(C)Cc2csc(-c3cccs3)n2)n[nH]1. The normalized spacial score (nSPS) is 10.9. The van der Waals surface area contributed by atoms with Crippen LogP contribution in [0.2, 0.25) is 0 Å². The van der Waals surface area contributed by atoms with E-state index < -0.39 is 0 Å². The molecule has 126 valence electrons. The Morgan fingerprint density at radius 2 is 2.25 bits per heavy atom. The van der Waals surface area contributed by atoms with Crippen molar-refractivity contribution in [2.75, 3.05) is 12.8 Å². The molecular formula is C15H17N5OS3. The van der Waals surface area contributed by atoms with Crippen molar-refractivity contribution in [1.82, 2.24) is 25.1 Å². The highest BCUT2D eigenvalue weighted by Crippen LogP contribution is 2.28. The van der Waals surface area contributed by atoms with E-state index in [-0.39, 0.29) is 5.91 Å². The molecule has 9 heteroatoms. The molecule has 3 rings (SSSR count). The number of hydrogen-bond acceptors (Lipinski definition) is 7. The second-order valence-corrected chi connectivity index (χ2v) is 7.83. The molecule has 0 saturated heterocycles. The van der Waals surface area contributed by atoms with Gasteiger partial charge in [0.1, 0.15) is 10.8 Å². The lowest BCUT2D eigenvalue weighted by Crippen LogP contribution is -2.27. The van der Waals surface area contributed by atoms with Crippen LogP contribution in [0.15, 0.2) is 28.0 Å². The van der Waals surface area contributed by atoms with Crippen LogP contribution in [0, 0.1) is 0 Å². The van der Waals surface area contributed by atoms with E-state index in [1.54, 1.807) is 34.6 Å². The Labute approximate surface area is 152 Å². The maximum absolute atomic E-state index is 12.2. The zero-order chi connectivity index (χ0) is 16.9. The first-order chi connectivity index (χ1) is 11.7. The number of aryl methyl sites for hydroxylation is 1. The average molecular weight is 380 g/mol. The summed E-state index contributed by atoms with van der Waals surface area (Å²) < 4.78 is 0. The van der Waals surface area contributed by atoms with Crippen molar-refractivity contribution in [3.8, 4) is 9.88 Å². The van der Waals surface area contributed by atoms with Crippen LogP contribution in [-0.4, -0.2) is 43.8 Å². The van der Waals surface area contributed by atoms with E-state index in [2.05, 4.69) is 26.2 Å². The Morgan fingerprint density at radius 3 is 2.96 bits per heavy atom. The van der Waals surface area contributed by atoms with Gasteiger partial charge in [-0.05, 0) is 11.4 Å². The molecule has 0 aliphatic rings. The van der Waals surface area contributed by atoms with E-state index in [9.17, 15) is 4.79 Å². The van der Waals surface area contributed by atoms with Gasteiger partial charge in [0.15, 0.2) is 0 Å². The highest BCUT2D eigenvalue weighted by atomic mass is 32.2. The summed E-state index contributed by atoms with van der Waals surface area (Å²) >= 11 is 4.63. The predicted molar refractivity (Wildman–Crippen MR) is 98.4 cm³/mol. The van der Waals surface area contributed by atoms with Gasteiger partial charge in [-0.1, -0.05) is 24.8 Å². The highest BCUT2D eigenvalue weighted by molar-refractivity contribution is 7.99. The second kappa shape index (κ2) is 7.91. The number of amides is 1. The van der Waals surface area contributed by atoms with Crippen molar-refractivity contribution in [1.29, 1.82) is 0 Å². The third kappa shape index (κ3) is 4.22. The van der Waals surface area contributed by atoms with Gasteiger partial charge in [-0.25, -0.2) is 9.97 Å². The van der Waals surface area contributed by atoms with E-state index in [4.69, 9.17) is 0 Å². The number of carbonyl (C=O) groups excluding carboxylic acids is 1. The van der Waals surface area contributed by atoms with E-state index >= 15 is 0 Å². The fourth-order valence-corrected chi connectivity index (χ4v) is 4.34. The summed E-state index contributed by atoms with van der Waals surface area (Å²) in [6, 6.07) is 4.07. The fourth-order valence-electron chi connectivity index (χ4n) is 1.96. The molecule has 0 radical (unpaired) electrons. The maximum Gasteiger partial charge on any atom is 0.233 e. The molecule has 6 nitrogen and oxygen atoms in total. The first-order valence-electron chi connectivity index (χ1n) is 7.42. The lowest BCUT2D eigenvalue weighted by molar-refractivity contribution is -0.127. The van der Waals surface area contributed by atoms with Crippen LogP contribution in [0.4, 0.5) is 0 Å². The number of H-pyrrole nitrogens is 1. The van der Waals surface area contributed by atoms with Crippen molar-refractivity contribution >= 4 is 40.3 Å². The quantitative estimate of drug-likeness (QED) is 0.638. The molecule has 1 N–H and O–H groups in total. The number of thioether (sulfide) groups is 1. The lowest BCUT2D eigenvalue weighted by atomic mass is 10.4. The van der Waals surface area contributed by atoms with Crippen LogP contribution in [0.5, 0.6) is 0 Å². The summed E-state index contributed by atoms with van der Waals surface area (Å²) in [4.78, 5) is 24.0. The number of rotatable bonds is 7. The van der Waals surface area contributed by atoms with Gasteiger partial charge in [0, 0.05) is 18.8 Å². The highest BCUT2D eigenvalue weighted by Gasteiger charge is 2.14. The lowest BCUT2D eigenvalue weighted by Gasteiger charge is -2.14. The molecule has 0 aliphatic carbocycles. The van der Waals surface area contributed by atoms with Gasteiger partial charge in [-0.3, -0.25) is 9.89 Å². The molecule has 0 bridgehead atoms. The number of nitrogens with zero attached hydrogens (tertiary/aromatic N) is 4. The van der Waals surface area contributed by atoms with Gasteiger partial charge in [0.2, 0.25) is 11.1 Å². The van der Waals surface area contributed by atoms with Crippen LogP contribution in [0.1, 0.15) is 18.4 Å². The molecule has 0 aliphatic heterocycles. The summed E-state index contributed by atoms with van der Waals surface area (Å²) in [5.74, 6) is 1.19. The minimum absolute atomic E-state index is 0.0357. The third-order valence-corrected chi connectivity index (χ3v) is 6.04. The monoisotopic (exact) mass is 379 g/mol. The average Bonchev–Trinajstić information content (AvgIpc) is 3.32. The number of aromatic nitrogens is 4. The smallest absolute Gasteiger partial charge is 0.233 e. The van der Waals surface area contributed by atoms with Gasteiger partial charge < -0.3 is 4.90 Å². The van der Waals surface area contributed by atoms with Crippen molar-refractivity contribution in [3.05, 3.63) is 34.4 Å². The van der Waals surface area contributed by atoms with Crippen LogP contribution in [0.3, 0.4) is 0 Å². The van der Waals surface area contributed by atoms with Gasteiger partial charge >= 0.3 is 0 Å². The van der Waals surface area contributed by atoms with Gasteiger partial charge in [-0.15, -0.1) is 27.8 Å². The van der Waals surface area contributed by atoms with Gasteiger partial charge in [-0.2, -0.15) is 0 Å². The molecule has 24 heavy (non-hydrogen) atoms. The molecule has 0 unspecified atom stereocenters. The maximum atomic E-state index is 12.2. The molecule has 3 aromatic rings. The Bertz CT molecular complexity index is 796. The van der Waals surface area contributed by atoms with Crippen LogP contribution < -0.4 is 0 Å². The summed E-state index contributed by atoms with van der Waals surface area (Å²) in [7, 11) is 1.79. The zero-order valence-electron chi connectivity index (χ0n) is 13.4. The zero-order valence-corrected chi connectivity index (χ0v) is 15.8. The van der Waals surface area contributed by atoms with E-state index in [0.717, 1.165) is 27.8 Å². The largest absolute Gasteiger partial charge is 0.339 e. The summed E-state index contributed by atoms with van der Waals surface area (Å²) in [6.07, 6.45) is 0.803. The molecule has 3 heterocycles. The first-order valence-corrected chi connectivity index (χ1v) is 10.2. The fraction of sp³-hybridized carbons (Fsp3) is 0.333. The van der Waals surface area contributed by atoms with Crippen LogP contribution >= 0.6 is 34.4 Å². The first kappa shape index (κ1) is 17.1. The molecule has 0 fully saturated rings. The molecule has 3 aromatic heterocycles. The summed E-state index contributed by atoms with van der Waals surface area (Å²) in [5.41, 5.74) is 0.912. The minimum Gasteiger partial charge on any atom is -0.339 e. The number of nitrogens with one attached hydrogen (secondary N) is 1. The Morgan fingerprint density at radius 1 is 1.38 bits per heavy atom. The number of hydrogen-bond donors (Lipinski definition) is 1. The number of carbonyl (C=O) groups is 1. The van der Waals surface area contributed by atoms with E-state index in [1.165, 1.54) is 11.8 Å². The van der Waals surface area contributed by atoms with Crippen LogP contribution in [-0.2, 0) is 17.8 Å².